The van der Waals surface area contributed by atoms with E-state index in [0.29, 0.717) is 16.2 Å². The van der Waals surface area contributed by atoms with Crippen LogP contribution in [0.5, 0.6) is 0 Å². The number of thiazole rings is 1. The second-order valence-corrected chi connectivity index (χ2v) is 7.24. The lowest BCUT2D eigenvalue weighted by atomic mass is 10.2. The first-order valence-corrected chi connectivity index (χ1v) is 9.37. The molecule has 5 rings (SSSR count). The normalized spacial score (nSPS) is 11.2. The summed E-state index contributed by atoms with van der Waals surface area (Å²) in [4.78, 5) is 24.1. The van der Waals surface area contributed by atoms with Gasteiger partial charge in [-0.15, -0.1) is 5.10 Å². The second kappa shape index (κ2) is 6.56. The van der Waals surface area contributed by atoms with Crippen LogP contribution in [-0.2, 0) is 0 Å². The SMILES string of the molecule is Cc1cccc2sc(Nc3ncnc(-n4nnc5ccccc54)c3[N+](=O)[O-])nc12. The van der Waals surface area contributed by atoms with E-state index in [0.717, 1.165) is 15.8 Å². The smallest absolute Gasteiger partial charge is 0.310 e. The third kappa shape index (κ3) is 2.84. The molecule has 0 radical (unpaired) electrons. The molecule has 0 saturated heterocycles. The molecule has 11 heteroatoms. The molecule has 5 aromatic rings. The molecule has 0 bridgehead atoms. The van der Waals surface area contributed by atoms with Gasteiger partial charge in [-0.1, -0.05) is 40.8 Å². The fourth-order valence-corrected chi connectivity index (χ4v) is 3.99. The van der Waals surface area contributed by atoms with Crippen LogP contribution < -0.4 is 5.32 Å². The quantitative estimate of drug-likeness (QED) is 0.354. The van der Waals surface area contributed by atoms with Crippen LogP contribution in [0, 0.1) is 17.0 Å². The van der Waals surface area contributed by atoms with Crippen molar-refractivity contribution in [3.8, 4) is 5.82 Å². The van der Waals surface area contributed by atoms with E-state index in [-0.39, 0.29) is 17.3 Å². The van der Waals surface area contributed by atoms with Gasteiger partial charge in [-0.3, -0.25) is 10.1 Å². The van der Waals surface area contributed by atoms with E-state index in [1.165, 1.54) is 22.3 Å². The molecule has 29 heavy (non-hydrogen) atoms. The van der Waals surface area contributed by atoms with E-state index in [1.54, 1.807) is 18.2 Å². The highest BCUT2D eigenvalue weighted by Crippen LogP contribution is 2.34. The Morgan fingerprint density at radius 3 is 2.83 bits per heavy atom. The maximum atomic E-state index is 11.9. The number of aryl methyl sites for hydroxylation is 1. The molecule has 0 spiro atoms. The lowest BCUT2D eigenvalue weighted by Gasteiger charge is -2.06. The summed E-state index contributed by atoms with van der Waals surface area (Å²) >= 11 is 1.39. The van der Waals surface area contributed by atoms with E-state index < -0.39 is 4.92 Å². The van der Waals surface area contributed by atoms with Gasteiger partial charge in [-0.05, 0) is 30.7 Å². The molecule has 1 N–H and O–H groups in total. The molecule has 10 nitrogen and oxygen atoms in total. The highest BCUT2D eigenvalue weighted by atomic mass is 32.1. The van der Waals surface area contributed by atoms with Crippen molar-refractivity contribution < 1.29 is 4.92 Å². The summed E-state index contributed by atoms with van der Waals surface area (Å²) in [6, 6.07) is 13.0. The van der Waals surface area contributed by atoms with Crippen molar-refractivity contribution in [3.63, 3.8) is 0 Å². The number of anilines is 2. The number of rotatable bonds is 4. The van der Waals surface area contributed by atoms with Gasteiger partial charge in [0.2, 0.25) is 11.6 Å². The number of hydrogen-bond donors (Lipinski definition) is 1. The van der Waals surface area contributed by atoms with Gasteiger partial charge in [0.25, 0.3) is 0 Å². The van der Waals surface area contributed by atoms with Crippen LogP contribution in [0.1, 0.15) is 5.56 Å². The Labute approximate surface area is 167 Å². The largest absolute Gasteiger partial charge is 0.356 e. The van der Waals surface area contributed by atoms with Crippen molar-refractivity contribution in [2.45, 2.75) is 6.92 Å². The van der Waals surface area contributed by atoms with Crippen LogP contribution >= 0.6 is 11.3 Å². The maximum absolute atomic E-state index is 11.9. The number of para-hydroxylation sites is 2. The molecule has 0 amide bonds. The highest BCUT2D eigenvalue weighted by molar-refractivity contribution is 7.22. The fourth-order valence-electron chi connectivity index (χ4n) is 3.05. The zero-order chi connectivity index (χ0) is 20.0. The molecule has 0 unspecified atom stereocenters. The highest BCUT2D eigenvalue weighted by Gasteiger charge is 2.27. The monoisotopic (exact) mass is 404 g/mol. The van der Waals surface area contributed by atoms with E-state index in [4.69, 9.17) is 0 Å². The van der Waals surface area contributed by atoms with Crippen molar-refractivity contribution in [3.05, 3.63) is 64.5 Å². The fraction of sp³-hybridized carbons (Fsp3) is 0.0556. The zero-order valence-electron chi connectivity index (χ0n) is 15.0. The Hall–Kier alpha value is -3.99. The Bertz CT molecular complexity index is 1390. The summed E-state index contributed by atoms with van der Waals surface area (Å²) < 4.78 is 2.31. The van der Waals surface area contributed by atoms with Crippen LogP contribution in [0.3, 0.4) is 0 Å². The van der Waals surface area contributed by atoms with Crippen molar-refractivity contribution in [2.75, 3.05) is 5.32 Å². The second-order valence-electron chi connectivity index (χ2n) is 6.21. The van der Waals surface area contributed by atoms with E-state index in [9.17, 15) is 10.1 Å². The third-order valence-corrected chi connectivity index (χ3v) is 5.32. The first kappa shape index (κ1) is 17.1. The molecule has 2 aromatic carbocycles. The van der Waals surface area contributed by atoms with Gasteiger partial charge in [0.1, 0.15) is 11.8 Å². The number of fused-ring (bicyclic) bond motifs is 2. The lowest BCUT2D eigenvalue weighted by molar-refractivity contribution is -0.384. The number of nitro groups is 1. The number of nitrogens with one attached hydrogen (secondary N) is 1. The van der Waals surface area contributed by atoms with Gasteiger partial charge >= 0.3 is 5.69 Å². The van der Waals surface area contributed by atoms with Crippen molar-refractivity contribution in [2.24, 2.45) is 0 Å². The number of aromatic nitrogens is 6. The Morgan fingerprint density at radius 1 is 1.14 bits per heavy atom. The van der Waals surface area contributed by atoms with Crippen LogP contribution in [0.15, 0.2) is 48.8 Å². The van der Waals surface area contributed by atoms with E-state index in [2.05, 4.69) is 30.6 Å². The van der Waals surface area contributed by atoms with Gasteiger partial charge in [0, 0.05) is 0 Å². The summed E-state index contributed by atoms with van der Waals surface area (Å²) in [6.07, 6.45) is 1.25. The first-order valence-electron chi connectivity index (χ1n) is 8.55. The number of benzene rings is 2. The molecular formula is C18H12N8O2S. The van der Waals surface area contributed by atoms with Gasteiger partial charge in [-0.25, -0.2) is 15.0 Å². The Kier molecular flexibility index (Phi) is 3.88. The van der Waals surface area contributed by atoms with Crippen LogP contribution in [0.2, 0.25) is 0 Å². The van der Waals surface area contributed by atoms with Gasteiger partial charge < -0.3 is 5.32 Å². The number of hydrogen-bond acceptors (Lipinski definition) is 9. The predicted octanol–water partition coefficient (Wildman–Crippen LogP) is 3.78. The summed E-state index contributed by atoms with van der Waals surface area (Å²) in [7, 11) is 0. The minimum absolute atomic E-state index is 0.0264. The predicted molar refractivity (Wildman–Crippen MR) is 109 cm³/mol. The van der Waals surface area contributed by atoms with E-state index >= 15 is 0 Å². The Balaban J connectivity index is 1.65. The molecule has 0 aliphatic rings. The maximum Gasteiger partial charge on any atom is 0.356 e. The van der Waals surface area contributed by atoms with Crippen molar-refractivity contribution in [1.29, 1.82) is 0 Å². The molecule has 0 aliphatic heterocycles. The third-order valence-electron chi connectivity index (χ3n) is 4.38. The molecule has 0 fully saturated rings. The molecule has 3 aromatic heterocycles. The number of nitrogens with zero attached hydrogens (tertiary/aromatic N) is 7. The lowest BCUT2D eigenvalue weighted by Crippen LogP contribution is -2.08. The van der Waals surface area contributed by atoms with Crippen molar-refractivity contribution in [1.82, 2.24) is 29.9 Å². The average molecular weight is 404 g/mol. The average Bonchev–Trinajstić information content (AvgIpc) is 3.32. The molecular weight excluding hydrogens is 392 g/mol. The topological polar surface area (TPSA) is 125 Å². The minimum Gasteiger partial charge on any atom is -0.310 e. The minimum atomic E-state index is -0.535. The molecule has 142 valence electrons. The van der Waals surface area contributed by atoms with E-state index in [1.807, 2.05) is 31.2 Å². The van der Waals surface area contributed by atoms with Crippen LogP contribution in [0.25, 0.3) is 27.1 Å². The van der Waals surface area contributed by atoms with Gasteiger partial charge in [-0.2, -0.15) is 4.68 Å². The standard InChI is InChI=1S/C18H12N8O2S/c1-10-5-4-8-13-14(10)21-18(29-13)22-16-15(26(27)28)17(20-9-19-16)25-12-7-3-2-6-11(12)23-24-25/h2-9H,1H3,(H,19,20,21,22). The summed E-state index contributed by atoms with van der Waals surface area (Å²) in [6.45, 7) is 1.97. The van der Waals surface area contributed by atoms with Gasteiger partial charge in [0.15, 0.2) is 5.13 Å². The molecule has 0 saturated carbocycles. The summed E-state index contributed by atoms with van der Waals surface area (Å²) in [5.41, 5.74) is 2.78. The van der Waals surface area contributed by atoms with Gasteiger partial charge in [0.05, 0.1) is 20.7 Å². The van der Waals surface area contributed by atoms with Crippen LogP contribution in [-0.4, -0.2) is 34.9 Å². The summed E-state index contributed by atoms with van der Waals surface area (Å²) in [5.74, 6) is 0.0646. The summed E-state index contributed by atoms with van der Waals surface area (Å²) in [5, 5.41) is 23.5. The zero-order valence-corrected chi connectivity index (χ0v) is 15.8. The Morgan fingerprint density at radius 2 is 2.00 bits per heavy atom. The molecule has 0 atom stereocenters. The molecule has 3 heterocycles. The van der Waals surface area contributed by atoms with Crippen molar-refractivity contribution >= 4 is 49.2 Å². The first-order chi connectivity index (χ1) is 14.1. The molecule has 0 aliphatic carbocycles. The van der Waals surface area contributed by atoms with Crippen LogP contribution in [0.4, 0.5) is 16.6 Å².